The molecule has 0 aliphatic carbocycles. The van der Waals surface area contributed by atoms with E-state index < -0.39 is 5.82 Å². The Morgan fingerprint density at radius 3 is 3.26 bits per heavy atom. The molecule has 0 unspecified atom stereocenters. The Balaban J connectivity index is 1.36. The summed E-state index contributed by atoms with van der Waals surface area (Å²) in [7, 11) is 0. The Labute approximate surface area is 138 Å². The SMILES string of the molecule is Fc1cccnc1O[C@@H]1CO[C@]2(CCN(Cc3ccsc3)C2)C1. The third-order valence-electron chi connectivity index (χ3n) is 4.56. The number of likely N-dealkylation sites (tertiary alicyclic amines) is 1. The lowest BCUT2D eigenvalue weighted by Crippen LogP contribution is -2.33. The lowest BCUT2D eigenvalue weighted by molar-refractivity contribution is 0.00915. The Morgan fingerprint density at radius 1 is 1.48 bits per heavy atom. The predicted molar refractivity (Wildman–Crippen MR) is 86.1 cm³/mol. The van der Waals surface area contributed by atoms with Gasteiger partial charge in [0.25, 0.3) is 5.88 Å². The minimum absolute atomic E-state index is 0.0753. The van der Waals surface area contributed by atoms with Crippen molar-refractivity contribution in [1.29, 1.82) is 0 Å². The summed E-state index contributed by atoms with van der Waals surface area (Å²) in [6.07, 6.45) is 3.22. The molecule has 2 aromatic rings. The van der Waals surface area contributed by atoms with E-state index in [1.54, 1.807) is 23.6 Å². The Bertz CT molecular complexity index is 666. The molecule has 0 bridgehead atoms. The maximum atomic E-state index is 13.6. The van der Waals surface area contributed by atoms with Crippen molar-refractivity contribution in [2.75, 3.05) is 19.7 Å². The van der Waals surface area contributed by atoms with Gasteiger partial charge < -0.3 is 9.47 Å². The van der Waals surface area contributed by atoms with Crippen LogP contribution in [0.2, 0.25) is 0 Å². The van der Waals surface area contributed by atoms with Crippen LogP contribution < -0.4 is 4.74 Å². The van der Waals surface area contributed by atoms with Crippen LogP contribution in [0.25, 0.3) is 0 Å². The highest BCUT2D eigenvalue weighted by atomic mass is 32.1. The quantitative estimate of drug-likeness (QED) is 0.861. The molecule has 2 aromatic heterocycles. The molecule has 2 aliphatic rings. The molecular weight excluding hydrogens is 315 g/mol. The lowest BCUT2D eigenvalue weighted by atomic mass is 9.98. The molecular formula is C17H19FN2O2S. The van der Waals surface area contributed by atoms with Gasteiger partial charge in [0.05, 0.1) is 12.2 Å². The second kappa shape index (κ2) is 6.19. The molecule has 0 amide bonds. The van der Waals surface area contributed by atoms with Crippen molar-refractivity contribution < 1.29 is 13.9 Å². The van der Waals surface area contributed by atoms with Crippen LogP contribution in [-0.4, -0.2) is 41.3 Å². The lowest BCUT2D eigenvalue weighted by Gasteiger charge is -2.23. The number of rotatable bonds is 4. The van der Waals surface area contributed by atoms with Crippen LogP contribution in [0.15, 0.2) is 35.2 Å². The molecule has 0 aromatic carbocycles. The largest absolute Gasteiger partial charge is 0.470 e. The third-order valence-corrected chi connectivity index (χ3v) is 5.29. The van der Waals surface area contributed by atoms with Crippen LogP contribution >= 0.6 is 11.3 Å². The van der Waals surface area contributed by atoms with Crippen molar-refractivity contribution in [3.05, 3.63) is 46.5 Å². The van der Waals surface area contributed by atoms with Crippen molar-refractivity contribution in [3.8, 4) is 5.88 Å². The van der Waals surface area contributed by atoms with Crippen LogP contribution in [-0.2, 0) is 11.3 Å². The number of pyridine rings is 1. The zero-order valence-electron chi connectivity index (χ0n) is 12.8. The summed E-state index contributed by atoms with van der Waals surface area (Å²) in [5.74, 6) is -0.342. The minimum atomic E-state index is -0.418. The van der Waals surface area contributed by atoms with Gasteiger partial charge in [0, 0.05) is 32.3 Å². The Kier molecular flexibility index (Phi) is 4.05. The summed E-state index contributed by atoms with van der Waals surface area (Å²) in [5.41, 5.74) is 1.21. The molecule has 23 heavy (non-hydrogen) atoms. The fourth-order valence-electron chi connectivity index (χ4n) is 3.48. The highest BCUT2D eigenvalue weighted by Crippen LogP contribution is 2.37. The van der Waals surface area contributed by atoms with Crippen molar-refractivity contribution in [1.82, 2.24) is 9.88 Å². The molecule has 0 radical (unpaired) electrons. The van der Waals surface area contributed by atoms with Gasteiger partial charge in [-0.2, -0.15) is 11.3 Å². The number of halogens is 1. The Hall–Kier alpha value is -1.50. The minimum Gasteiger partial charge on any atom is -0.470 e. The first-order valence-corrected chi connectivity index (χ1v) is 8.81. The number of nitrogens with zero attached hydrogens (tertiary/aromatic N) is 2. The van der Waals surface area contributed by atoms with Crippen molar-refractivity contribution in [2.24, 2.45) is 0 Å². The third kappa shape index (κ3) is 3.24. The molecule has 2 aliphatic heterocycles. The van der Waals surface area contributed by atoms with E-state index in [1.807, 2.05) is 0 Å². The summed E-state index contributed by atoms with van der Waals surface area (Å²) in [6.45, 7) is 3.41. The Morgan fingerprint density at radius 2 is 2.43 bits per heavy atom. The van der Waals surface area contributed by atoms with Gasteiger partial charge in [-0.1, -0.05) is 0 Å². The van der Waals surface area contributed by atoms with Crippen molar-refractivity contribution >= 4 is 11.3 Å². The molecule has 4 heterocycles. The molecule has 2 fully saturated rings. The summed E-state index contributed by atoms with van der Waals surface area (Å²) >= 11 is 1.73. The maximum Gasteiger partial charge on any atom is 0.250 e. The summed E-state index contributed by atoms with van der Waals surface area (Å²) in [6, 6.07) is 5.10. The van der Waals surface area contributed by atoms with Crippen LogP contribution in [0, 0.1) is 5.82 Å². The smallest absolute Gasteiger partial charge is 0.250 e. The summed E-state index contributed by atoms with van der Waals surface area (Å²) < 4.78 is 25.4. The molecule has 0 saturated carbocycles. The van der Waals surface area contributed by atoms with Gasteiger partial charge in [0.15, 0.2) is 5.82 Å². The average molecular weight is 334 g/mol. The van der Waals surface area contributed by atoms with Crippen molar-refractivity contribution in [3.63, 3.8) is 0 Å². The molecule has 2 atom stereocenters. The number of thiophene rings is 1. The first-order valence-electron chi connectivity index (χ1n) is 7.87. The van der Waals surface area contributed by atoms with Gasteiger partial charge in [-0.15, -0.1) is 0 Å². The van der Waals surface area contributed by atoms with Crippen LogP contribution in [0.1, 0.15) is 18.4 Å². The standard InChI is InChI=1S/C17H19FN2O2S/c18-15-2-1-5-19-16(15)22-14-8-17(21-10-14)4-6-20(12-17)9-13-3-7-23-11-13/h1-3,5,7,11,14H,4,6,8-10,12H2/t14-,17+/m0/s1. The van der Waals surface area contributed by atoms with Gasteiger partial charge in [0.1, 0.15) is 6.10 Å². The van der Waals surface area contributed by atoms with Crippen LogP contribution in [0.3, 0.4) is 0 Å². The highest BCUT2D eigenvalue weighted by Gasteiger charge is 2.46. The number of hydrogen-bond acceptors (Lipinski definition) is 5. The van der Waals surface area contributed by atoms with Gasteiger partial charge in [-0.05, 0) is 40.9 Å². The fraction of sp³-hybridized carbons (Fsp3) is 0.471. The van der Waals surface area contributed by atoms with Crippen LogP contribution in [0.4, 0.5) is 4.39 Å². The van der Waals surface area contributed by atoms with Gasteiger partial charge in [-0.3, -0.25) is 4.90 Å². The van der Waals surface area contributed by atoms with E-state index in [1.165, 1.54) is 11.6 Å². The van der Waals surface area contributed by atoms with Gasteiger partial charge in [-0.25, -0.2) is 9.37 Å². The number of ether oxygens (including phenoxy) is 2. The summed E-state index contributed by atoms with van der Waals surface area (Å²) in [5, 5.41) is 4.30. The monoisotopic (exact) mass is 334 g/mol. The second-order valence-electron chi connectivity index (χ2n) is 6.32. The van der Waals surface area contributed by atoms with E-state index in [9.17, 15) is 4.39 Å². The molecule has 4 rings (SSSR count). The molecule has 2 saturated heterocycles. The number of aromatic nitrogens is 1. The van der Waals surface area contributed by atoms with Crippen LogP contribution in [0.5, 0.6) is 5.88 Å². The predicted octanol–water partition coefficient (Wildman–Crippen LogP) is 3.09. The highest BCUT2D eigenvalue weighted by molar-refractivity contribution is 7.07. The zero-order chi connectivity index (χ0) is 15.7. The topological polar surface area (TPSA) is 34.6 Å². The van der Waals surface area contributed by atoms with Gasteiger partial charge in [0.2, 0.25) is 0 Å². The molecule has 4 nitrogen and oxygen atoms in total. The molecule has 6 heteroatoms. The first kappa shape index (κ1) is 15.1. The molecule has 122 valence electrons. The average Bonchev–Trinajstić information content (AvgIpc) is 3.26. The molecule has 1 spiro atoms. The van der Waals surface area contributed by atoms with Crippen molar-refractivity contribution in [2.45, 2.75) is 31.1 Å². The van der Waals surface area contributed by atoms with E-state index in [0.29, 0.717) is 6.61 Å². The fourth-order valence-corrected chi connectivity index (χ4v) is 4.14. The van der Waals surface area contributed by atoms with E-state index >= 15 is 0 Å². The van der Waals surface area contributed by atoms with E-state index in [-0.39, 0.29) is 17.6 Å². The first-order chi connectivity index (χ1) is 11.2. The number of hydrogen-bond donors (Lipinski definition) is 0. The van der Waals surface area contributed by atoms with E-state index in [2.05, 4.69) is 26.7 Å². The zero-order valence-corrected chi connectivity index (χ0v) is 13.6. The summed E-state index contributed by atoms with van der Waals surface area (Å²) in [4.78, 5) is 6.38. The normalized spacial score (nSPS) is 27.8. The second-order valence-corrected chi connectivity index (χ2v) is 7.10. The molecule has 0 N–H and O–H groups in total. The maximum absolute atomic E-state index is 13.6. The van der Waals surface area contributed by atoms with E-state index in [0.717, 1.165) is 32.5 Å². The van der Waals surface area contributed by atoms with E-state index in [4.69, 9.17) is 9.47 Å². The van der Waals surface area contributed by atoms with Gasteiger partial charge >= 0.3 is 0 Å².